The van der Waals surface area contributed by atoms with Crippen LogP contribution in [0, 0.1) is 5.82 Å². The van der Waals surface area contributed by atoms with Crippen molar-refractivity contribution in [3.8, 4) is 28.7 Å². The molecule has 0 radical (unpaired) electrons. The monoisotopic (exact) mass is 417 g/mol. The number of nitrogens with zero attached hydrogens (tertiary/aromatic N) is 5. The van der Waals surface area contributed by atoms with Crippen LogP contribution in [0.5, 0.6) is 5.75 Å². The normalized spacial score (nSPS) is 16.5. The minimum Gasteiger partial charge on any atom is -0.488 e. The molecule has 8 heteroatoms. The second kappa shape index (κ2) is 8.61. The summed E-state index contributed by atoms with van der Waals surface area (Å²) in [6.07, 6.45) is 5.67. The molecule has 5 rings (SSSR count). The SMILES string of the molecule is Fc1cccc(CN2CCC(Oc3ccccc3-c3nc(-c4cnccn4)no3)C2)c1. The van der Waals surface area contributed by atoms with E-state index >= 15 is 0 Å². The Morgan fingerprint density at radius 2 is 2.06 bits per heavy atom. The highest BCUT2D eigenvalue weighted by atomic mass is 19.1. The van der Waals surface area contributed by atoms with Gasteiger partial charge in [0.15, 0.2) is 0 Å². The molecule has 1 saturated heterocycles. The van der Waals surface area contributed by atoms with Crippen molar-refractivity contribution in [3.05, 3.63) is 78.5 Å². The van der Waals surface area contributed by atoms with Crippen molar-refractivity contribution < 1.29 is 13.7 Å². The summed E-state index contributed by atoms with van der Waals surface area (Å²) in [4.78, 5) is 15.0. The van der Waals surface area contributed by atoms with Gasteiger partial charge >= 0.3 is 0 Å². The number of hydrogen-bond donors (Lipinski definition) is 0. The van der Waals surface area contributed by atoms with Crippen LogP contribution in [0.15, 0.2) is 71.6 Å². The van der Waals surface area contributed by atoms with Gasteiger partial charge in [-0.15, -0.1) is 0 Å². The third-order valence-electron chi connectivity index (χ3n) is 5.15. The number of ether oxygens (including phenoxy) is 1. The number of hydrogen-bond acceptors (Lipinski definition) is 7. The molecule has 1 aliphatic heterocycles. The Labute approximate surface area is 178 Å². The van der Waals surface area contributed by atoms with E-state index in [-0.39, 0.29) is 11.9 Å². The van der Waals surface area contributed by atoms with E-state index in [2.05, 4.69) is 25.0 Å². The molecule has 2 aromatic carbocycles. The molecule has 3 heterocycles. The molecule has 2 aromatic heterocycles. The Balaban J connectivity index is 1.29. The highest BCUT2D eigenvalue weighted by molar-refractivity contribution is 5.64. The first-order chi connectivity index (χ1) is 15.2. The lowest BCUT2D eigenvalue weighted by Gasteiger charge is -2.18. The summed E-state index contributed by atoms with van der Waals surface area (Å²) >= 11 is 0. The van der Waals surface area contributed by atoms with E-state index in [1.54, 1.807) is 30.7 Å². The van der Waals surface area contributed by atoms with Gasteiger partial charge in [0.25, 0.3) is 5.89 Å². The van der Waals surface area contributed by atoms with Crippen LogP contribution in [0.1, 0.15) is 12.0 Å². The zero-order chi connectivity index (χ0) is 21.0. The van der Waals surface area contributed by atoms with Gasteiger partial charge in [-0.1, -0.05) is 29.4 Å². The zero-order valence-corrected chi connectivity index (χ0v) is 16.7. The maximum atomic E-state index is 13.5. The smallest absolute Gasteiger partial charge is 0.262 e. The van der Waals surface area contributed by atoms with Crippen molar-refractivity contribution in [1.29, 1.82) is 0 Å². The van der Waals surface area contributed by atoms with E-state index in [1.807, 2.05) is 30.3 Å². The predicted octanol–water partition coefficient (Wildman–Crippen LogP) is 3.99. The second-order valence-electron chi connectivity index (χ2n) is 7.40. The van der Waals surface area contributed by atoms with Crippen molar-refractivity contribution in [2.75, 3.05) is 13.1 Å². The van der Waals surface area contributed by atoms with Crippen molar-refractivity contribution in [2.24, 2.45) is 0 Å². The van der Waals surface area contributed by atoms with E-state index in [4.69, 9.17) is 9.26 Å². The molecule has 1 atom stereocenters. The molecule has 0 saturated carbocycles. The topological polar surface area (TPSA) is 77.2 Å². The molecule has 0 spiro atoms. The molecule has 1 aliphatic rings. The fourth-order valence-corrected chi connectivity index (χ4v) is 3.71. The summed E-state index contributed by atoms with van der Waals surface area (Å²) in [6.45, 7) is 2.35. The van der Waals surface area contributed by atoms with Gasteiger partial charge in [0.05, 0.1) is 11.8 Å². The van der Waals surface area contributed by atoms with E-state index in [0.717, 1.165) is 30.6 Å². The highest BCUT2D eigenvalue weighted by Gasteiger charge is 2.26. The van der Waals surface area contributed by atoms with Gasteiger partial charge in [0, 0.05) is 32.0 Å². The standard InChI is InChI=1S/C23H20FN5O2/c24-17-5-3-4-16(12-17)14-29-11-8-18(15-29)30-21-7-2-1-6-19(21)23-27-22(28-31-23)20-13-25-9-10-26-20/h1-7,9-10,12-13,18H,8,11,14-15H2. The first kappa shape index (κ1) is 19.3. The predicted molar refractivity (Wildman–Crippen MR) is 111 cm³/mol. The maximum Gasteiger partial charge on any atom is 0.262 e. The number of likely N-dealkylation sites (tertiary alicyclic amines) is 1. The van der Waals surface area contributed by atoms with Gasteiger partial charge in [-0.25, -0.2) is 9.37 Å². The summed E-state index contributed by atoms with van der Waals surface area (Å²) in [5.74, 6) is 1.22. The van der Waals surface area contributed by atoms with Crippen molar-refractivity contribution >= 4 is 0 Å². The molecule has 0 aliphatic carbocycles. The molecule has 7 nitrogen and oxygen atoms in total. The second-order valence-corrected chi connectivity index (χ2v) is 7.40. The molecule has 1 unspecified atom stereocenters. The number of rotatable bonds is 6. The number of halogens is 1. The summed E-state index contributed by atoms with van der Waals surface area (Å²) in [5.41, 5.74) is 2.23. The van der Waals surface area contributed by atoms with Gasteiger partial charge in [0.2, 0.25) is 5.82 Å². The van der Waals surface area contributed by atoms with E-state index < -0.39 is 0 Å². The number of benzene rings is 2. The molecule has 0 bridgehead atoms. The molecule has 1 fully saturated rings. The lowest BCUT2D eigenvalue weighted by Crippen LogP contribution is -2.24. The van der Waals surface area contributed by atoms with Crippen molar-refractivity contribution in [3.63, 3.8) is 0 Å². The summed E-state index contributed by atoms with van der Waals surface area (Å²) in [7, 11) is 0. The van der Waals surface area contributed by atoms with E-state index in [9.17, 15) is 4.39 Å². The Morgan fingerprint density at radius 1 is 1.13 bits per heavy atom. The molecule has 31 heavy (non-hydrogen) atoms. The first-order valence-corrected chi connectivity index (χ1v) is 10.1. The van der Waals surface area contributed by atoms with Gasteiger partial charge < -0.3 is 9.26 Å². The Kier molecular flexibility index (Phi) is 5.37. The first-order valence-electron chi connectivity index (χ1n) is 10.1. The third-order valence-corrected chi connectivity index (χ3v) is 5.15. The van der Waals surface area contributed by atoms with E-state index in [1.165, 1.54) is 6.07 Å². The molecule has 156 valence electrons. The lowest BCUT2D eigenvalue weighted by atomic mass is 10.2. The van der Waals surface area contributed by atoms with Crippen LogP contribution in [-0.2, 0) is 6.54 Å². The number of para-hydroxylation sites is 1. The highest BCUT2D eigenvalue weighted by Crippen LogP contribution is 2.31. The Bertz CT molecular complexity index is 1170. The lowest BCUT2D eigenvalue weighted by molar-refractivity contribution is 0.198. The van der Waals surface area contributed by atoms with Crippen LogP contribution in [0.2, 0.25) is 0 Å². The van der Waals surface area contributed by atoms with Gasteiger partial charge in [-0.2, -0.15) is 4.98 Å². The Hall–Kier alpha value is -3.65. The quantitative estimate of drug-likeness (QED) is 0.469. The van der Waals surface area contributed by atoms with Crippen LogP contribution >= 0.6 is 0 Å². The largest absolute Gasteiger partial charge is 0.488 e. The zero-order valence-electron chi connectivity index (χ0n) is 16.7. The average Bonchev–Trinajstić information content (AvgIpc) is 3.45. The van der Waals surface area contributed by atoms with Crippen LogP contribution in [0.4, 0.5) is 4.39 Å². The molecular weight excluding hydrogens is 397 g/mol. The molecular formula is C23H20FN5O2. The molecule has 0 N–H and O–H groups in total. The summed E-state index contributed by atoms with van der Waals surface area (Å²) in [5, 5.41) is 4.02. The fourth-order valence-electron chi connectivity index (χ4n) is 3.71. The minimum atomic E-state index is -0.209. The van der Waals surface area contributed by atoms with E-state index in [0.29, 0.717) is 29.7 Å². The van der Waals surface area contributed by atoms with Crippen LogP contribution in [0.25, 0.3) is 23.0 Å². The fraction of sp³-hybridized carbons (Fsp3) is 0.217. The Morgan fingerprint density at radius 3 is 2.94 bits per heavy atom. The third kappa shape index (κ3) is 4.44. The molecule has 4 aromatic rings. The summed E-state index contributed by atoms with van der Waals surface area (Å²) < 4.78 is 25.2. The minimum absolute atomic E-state index is 0.0251. The van der Waals surface area contributed by atoms with Gasteiger partial charge in [-0.3, -0.25) is 9.88 Å². The van der Waals surface area contributed by atoms with Crippen LogP contribution < -0.4 is 4.74 Å². The van der Waals surface area contributed by atoms with Gasteiger partial charge in [0.1, 0.15) is 23.4 Å². The maximum absolute atomic E-state index is 13.5. The van der Waals surface area contributed by atoms with Gasteiger partial charge in [-0.05, 0) is 36.2 Å². The van der Waals surface area contributed by atoms with Crippen LogP contribution in [0.3, 0.4) is 0 Å². The van der Waals surface area contributed by atoms with Crippen LogP contribution in [-0.4, -0.2) is 44.2 Å². The van der Waals surface area contributed by atoms with Crippen molar-refractivity contribution in [2.45, 2.75) is 19.1 Å². The number of aromatic nitrogens is 4. The molecule has 0 amide bonds. The summed E-state index contributed by atoms with van der Waals surface area (Å²) in [6, 6.07) is 14.3. The average molecular weight is 417 g/mol. The van der Waals surface area contributed by atoms with Crippen molar-refractivity contribution in [1.82, 2.24) is 25.0 Å².